The molecule has 0 N–H and O–H groups in total. The fourth-order valence-electron chi connectivity index (χ4n) is 2.62. The van der Waals surface area contributed by atoms with Crippen molar-refractivity contribution in [3.05, 3.63) is 29.3 Å². The summed E-state index contributed by atoms with van der Waals surface area (Å²) in [6, 6.07) is 4.81. The van der Waals surface area contributed by atoms with E-state index < -0.39 is 28.1 Å². The monoisotopic (exact) mass is 324 g/mol. The van der Waals surface area contributed by atoms with Crippen LogP contribution in [0.4, 0.5) is 4.79 Å². The van der Waals surface area contributed by atoms with Crippen LogP contribution >= 0.6 is 0 Å². The van der Waals surface area contributed by atoms with E-state index in [2.05, 4.69) is 4.74 Å². The summed E-state index contributed by atoms with van der Waals surface area (Å²) in [5.74, 6) is -0.418. The quantitative estimate of drug-likeness (QED) is 0.815. The summed E-state index contributed by atoms with van der Waals surface area (Å²) in [6.45, 7) is 3.52. The number of ether oxygens (including phenoxy) is 1. The molecule has 3 rings (SSSR count). The number of carbonyl (C=O) groups excluding carboxylic acids is 2. The molecular weight excluding hydrogens is 308 g/mol. The lowest BCUT2D eigenvalue weighted by atomic mass is 10.1. The number of aryl methyl sites for hydroxylation is 2. The summed E-state index contributed by atoms with van der Waals surface area (Å²) in [7, 11) is -3.61. The molecule has 0 radical (unpaired) electrons. The van der Waals surface area contributed by atoms with Crippen LogP contribution in [0.2, 0.25) is 0 Å². The first kappa shape index (κ1) is 15.0. The number of cyclic esters (lactones) is 1. The topological polar surface area (TPSA) is 84.0 Å². The van der Waals surface area contributed by atoms with Gasteiger partial charge in [-0.25, -0.2) is 18.1 Å². The SMILES string of the molecule is Cc1ccc(C)c(S(=O)(=O)N2CC(N3C(=O)COC3=O)C2)c1. The van der Waals surface area contributed by atoms with Crippen molar-refractivity contribution in [3.63, 3.8) is 0 Å². The Bertz CT molecular complexity index is 736. The Morgan fingerprint density at radius 2 is 1.86 bits per heavy atom. The molecule has 2 fully saturated rings. The van der Waals surface area contributed by atoms with Gasteiger partial charge >= 0.3 is 6.09 Å². The number of nitrogens with zero attached hydrogens (tertiary/aromatic N) is 2. The van der Waals surface area contributed by atoms with Gasteiger partial charge in [-0.05, 0) is 31.0 Å². The van der Waals surface area contributed by atoms with Gasteiger partial charge in [0.25, 0.3) is 5.91 Å². The van der Waals surface area contributed by atoms with E-state index in [0.717, 1.165) is 10.5 Å². The standard InChI is InChI=1S/C14H16N2O5S/c1-9-3-4-10(2)12(5-9)22(19,20)15-6-11(7-15)16-13(17)8-21-14(16)18/h3-5,11H,6-8H2,1-2H3. The highest BCUT2D eigenvalue weighted by atomic mass is 32.2. The molecule has 22 heavy (non-hydrogen) atoms. The van der Waals surface area contributed by atoms with Crippen LogP contribution in [0.5, 0.6) is 0 Å². The lowest BCUT2D eigenvalue weighted by molar-refractivity contribution is -0.128. The predicted octanol–water partition coefficient (Wildman–Crippen LogP) is 0.655. The number of carbonyl (C=O) groups is 2. The fraction of sp³-hybridized carbons (Fsp3) is 0.429. The third-order valence-corrected chi connectivity index (χ3v) is 5.91. The van der Waals surface area contributed by atoms with E-state index in [1.165, 1.54) is 4.31 Å². The molecule has 0 aliphatic carbocycles. The van der Waals surface area contributed by atoms with Crippen LogP contribution in [0.15, 0.2) is 23.1 Å². The second kappa shape index (κ2) is 5.06. The molecule has 2 saturated heterocycles. The van der Waals surface area contributed by atoms with Crippen LogP contribution in [0.3, 0.4) is 0 Å². The zero-order valence-corrected chi connectivity index (χ0v) is 13.1. The van der Waals surface area contributed by atoms with Gasteiger partial charge in [0.1, 0.15) is 0 Å². The molecule has 0 bridgehead atoms. The second-order valence-electron chi connectivity index (χ2n) is 5.56. The van der Waals surface area contributed by atoms with Gasteiger partial charge in [0.15, 0.2) is 6.61 Å². The molecule has 0 aromatic heterocycles. The van der Waals surface area contributed by atoms with Crippen molar-refractivity contribution < 1.29 is 22.7 Å². The average Bonchev–Trinajstić information content (AvgIpc) is 2.71. The van der Waals surface area contributed by atoms with Crippen molar-refractivity contribution in [1.29, 1.82) is 0 Å². The summed E-state index contributed by atoms with van der Waals surface area (Å²) < 4.78 is 31.2. The third kappa shape index (κ3) is 2.28. The van der Waals surface area contributed by atoms with E-state index >= 15 is 0 Å². The highest BCUT2D eigenvalue weighted by Crippen LogP contribution is 2.28. The highest BCUT2D eigenvalue weighted by molar-refractivity contribution is 7.89. The Morgan fingerprint density at radius 3 is 2.45 bits per heavy atom. The van der Waals surface area contributed by atoms with Crippen molar-refractivity contribution in [3.8, 4) is 0 Å². The van der Waals surface area contributed by atoms with Gasteiger partial charge in [0, 0.05) is 13.1 Å². The maximum Gasteiger partial charge on any atom is 0.417 e. The van der Waals surface area contributed by atoms with Crippen molar-refractivity contribution in [2.45, 2.75) is 24.8 Å². The number of sulfonamides is 1. The van der Waals surface area contributed by atoms with E-state index in [0.29, 0.717) is 5.56 Å². The smallest absolute Gasteiger partial charge is 0.417 e. The first-order valence-electron chi connectivity index (χ1n) is 6.87. The summed E-state index contributed by atoms with van der Waals surface area (Å²) in [5.41, 5.74) is 1.53. The average molecular weight is 324 g/mol. The molecule has 2 heterocycles. The Labute approximate surface area is 128 Å². The van der Waals surface area contributed by atoms with E-state index in [4.69, 9.17) is 0 Å². The minimum absolute atomic E-state index is 0.108. The molecule has 0 spiro atoms. The third-order valence-electron chi connectivity index (χ3n) is 3.94. The maximum absolute atomic E-state index is 12.6. The first-order valence-corrected chi connectivity index (χ1v) is 8.31. The van der Waals surface area contributed by atoms with E-state index in [9.17, 15) is 18.0 Å². The van der Waals surface area contributed by atoms with Crippen molar-refractivity contribution >= 4 is 22.0 Å². The van der Waals surface area contributed by atoms with Gasteiger partial charge in [-0.2, -0.15) is 4.31 Å². The maximum atomic E-state index is 12.6. The highest BCUT2D eigenvalue weighted by Gasteiger charge is 2.46. The summed E-state index contributed by atoms with van der Waals surface area (Å²) in [4.78, 5) is 24.3. The van der Waals surface area contributed by atoms with Gasteiger partial charge in [-0.1, -0.05) is 12.1 Å². The van der Waals surface area contributed by atoms with Crippen LogP contribution in [-0.4, -0.2) is 55.4 Å². The first-order chi connectivity index (χ1) is 10.3. The molecule has 0 saturated carbocycles. The number of benzene rings is 1. The molecule has 7 nitrogen and oxygen atoms in total. The number of hydrogen-bond acceptors (Lipinski definition) is 5. The molecule has 0 unspecified atom stereocenters. The Kier molecular flexibility index (Phi) is 3.45. The largest absolute Gasteiger partial charge is 0.439 e. The van der Waals surface area contributed by atoms with Gasteiger partial charge < -0.3 is 4.74 Å². The fourth-order valence-corrected chi connectivity index (χ4v) is 4.44. The van der Waals surface area contributed by atoms with Gasteiger partial charge in [0.2, 0.25) is 10.0 Å². The lowest BCUT2D eigenvalue weighted by Crippen LogP contribution is -2.62. The van der Waals surface area contributed by atoms with Crippen molar-refractivity contribution in [1.82, 2.24) is 9.21 Å². The van der Waals surface area contributed by atoms with Gasteiger partial charge in [-0.15, -0.1) is 0 Å². The molecule has 2 amide bonds. The predicted molar refractivity (Wildman–Crippen MR) is 76.7 cm³/mol. The molecular formula is C14H16N2O5S. The van der Waals surface area contributed by atoms with E-state index in [1.807, 2.05) is 13.0 Å². The van der Waals surface area contributed by atoms with Gasteiger partial charge in [-0.3, -0.25) is 4.79 Å². The zero-order chi connectivity index (χ0) is 16.1. The Morgan fingerprint density at radius 1 is 1.18 bits per heavy atom. The summed E-state index contributed by atoms with van der Waals surface area (Å²) in [5, 5.41) is 0. The van der Waals surface area contributed by atoms with E-state index in [-0.39, 0.29) is 24.6 Å². The van der Waals surface area contributed by atoms with Crippen LogP contribution in [0.1, 0.15) is 11.1 Å². The number of imide groups is 1. The second-order valence-corrected chi connectivity index (χ2v) is 7.47. The molecule has 1 aromatic carbocycles. The van der Waals surface area contributed by atoms with Gasteiger partial charge in [0.05, 0.1) is 10.9 Å². The molecule has 118 valence electrons. The van der Waals surface area contributed by atoms with Crippen molar-refractivity contribution in [2.75, 3.05) is 19.7 Å². The number of amides is 2. The van der Waals surface area contributed by atoms with Crippen LogP contribution in [0.25, 0.3) is 0 Å². The van der Waals surface area contributed by atoms with Crippen LogP contribution in [0, 0.1) is 13.8 Å². The minimum Gasteiger partial charge on any atom is -0.439 e. The van der Waals surface area contributed by atoms with Crippen LogP contribution in [-0.2, 0) is 19.6 Å². The van der Waals surface area contributed by atoms with Crippen LogP contribution < -0.4 is 0 Å². The molecule has 2 aliphatic heterocycles. The van der Waals surface area contributed by atoms with Crippen molar-refractivity contribution in [2.24, 2.45) is 0 Å². The number of rotatable bonds is 3. The minimum atomic E-state index is -3.61. The molecule has 2 aliphatic rings. The Hall–Kier alpha value is -1.93. The molecule has 8 heteroatoms. The molecule has 0 atom stereocenters. The summed E-state index contributed by atoms with van der Waals surface area (Å²) in [6.07, 6.45) is -0.696. The zero-order valence-electron chi connectivity index (χ0n) is 12.3. The Balaban J connectivity index is 1.78. The normalized spacial score (nSPS) is 20.2. The number of hydrogen-bond donors (Lipinski definition) is 0. The summed E-state index contributed by atoms with van der Waals surface area (Å²) >= 11 is 0. The van der Waals surface area contributed by atoms with E-state index in [1.54, 1.807) is 19.1 Å². The molecule has 1 aromatic rings. The lowest BCUT2D eigenvalue weighted by Gasteiger charge is -2.41.